The van der Waals surface area contributed by atoms with Crippen LogP contribution in [0.5, 0.6) is 0 Å². The first-order valence-electron chi connectivity index (χ1n) is 26.0. The fourth-order valence-electron chi connectivity index (χ4n) is 7.70. The summed E-state index contributed by atoms with van der Waals surface area (Å²) in [6.45, 7) is 4.65. The molecule has 0 aliphatic heterocycles. The minimum Gasteiger partial charge on any atom is -0.544 e. The molecule has 0 aliphatic rings. The Kier molecular flexibility index (Phi) is 43.3. The van der Waals surface area contributed by atoms with Crippen molar-refractivity contribution in [2.45, 2.75) is 251 Å². The molecule has 0 fully saturated rings. The SMILES string of the molecule is CCCCCCCCC/C=C/C=C/CCCCCC(=O)OCC(COCCC(C(=O)[O-])[N+](C)(C)C)OC(=O)CCCCCCCCC/C=C/CCCCCCCCCCCCC. The van der Waals surface area contributed by atoms with Gasteiger partial charge in [0.05, 0.1) is 40.3 Å². The minimum atomic E-state index is -1.13. The van der Waals surface area contributed by atoms with Gasteiger partial charge < -0.3 is 28.6 Å². The Morgan fingerprint density at radius 2 is 0.855 bits per heavy atom. The number of unbranched alkanes of at least 4 members (excludes halogenated alkanes) is 28. The maximum atomic E-state index is 12.8. The largest absolute Gasteiger partial charge is 0.544 e. The number of carboxylic acid groups (broad SMARTS) is 1. The molecule has 0 aromatic heterocycles. The molecule has 0 aromatic rings. The van der Waals surface area contributed by atoms with Gasteiger partial charge in [0.15, 0.2) is 6.10 Å². The van der Waals surface area contributed by atoms with Gasteiger partial charge in [-0.1, -0.05) is 192 Å². The summed E-state index contributed by atoms with van der Waals surface area (Å²) in [5.41, 5.74) is 0. The van der Waals surface area contributed by atoms with Crippen LogP contribution in [0, 0.1) is 0 Å². The van der Waals surface area contributed by atoms with Gasteiger partial charge in [-0.15, -0.1) is 0 Å². The van der Waals surface area contributed by atoms with Crippen molar-refractivity contribution in [2.75, 3.05) is 41.0 Å². The highest BCUT2D eigenvalue weighted by Crippen LogP contribution is 2.15. The molecule has 0 saturated heterocycles. The van der Waals surface area contributed by atoms with Gasteiger partial charge in [0.25, 0.3) is 0 Å². The highest BCUT2D eigenvalue weighted by Gasteiger charge is 2.25. The summed E-state index contributed by atoms with van der Waals surface area (Å²) >= 11 is 0. The van der Waals surface area contributed by atoms with Gasteiger partial charge in [0.1, 0.15) is 12.6 Å². The van der Waals surface area contributed by atoms with Crippen LogP contribution in [0.25, 0.3) is 0 Å². The second-order valence-corrected chi connectivity index (χ2v) is 18.8. The number of hydrogen-bond acceptors (Lipinski definition) is 7. The summed E-state index contributed by atoms with van der Waals surface area (Å²) in [7, 11) is 5.41. The molecule has 0 amide bonds. The second kappa shape index (κ2) is 45.1. The standard InChI is InChI=1S/C54H99NO7/c1-6-8-10-12-14-16-18-20-22-24-25-26-27-28-29-31-33-35-37-39-41-43-45-53(57)62-50(48-60-47-46-51(54(58)59)55(3,4)5)49-61-52(56)44-42-40-38-36-34-32-30-23-21-19-17-15-13-11-9-7-2/h23,27-28,30,32,34,50-51H,6-22,24-26,29,31,33,35-49H2,1-5H3/b28-27+,30-23+,34-32+. The second-order valence-electron chi connectivity index (χ2n) is 18.8. The van der Waals surface area contributed by atoms with Crippen LogP contribution < -0.4 is 5.11 Å². The van der Waals surface area contributed by atoms with Crippen LogP contribution in [0.4, 0.5) is 0 Å². The van der Waals surface area contributed by atoms with Gasteiger partial charge >= 0.3 is 11.9 Å². The molecule has 0 radical (unpaired) electrons. The molecule has 0 bridgehead atoms. The average Bonchev–Trinajstić information content (AvgIpc) is 3.23. The maximum absolute atomic E-state index is 12.8. The molecule has 8 nitrogen and oxygen atoms in total. The molecule has 0 saturated carbocycles. The van der Waals surface area contributed by atoms with Crippen LogP contribution in [-0.2, 0) is 28.6 Å². The van der Waals surface area contributed by atoms with Crippen LogP contribution in [0.3, 0.4) is 0 Å². The van der Waals surface area contributed by atoms with Crippen molar-refractivity contribution in [3.05, 3.63) is 36.5 Å². The van der Waals surface area contributed by atoms with Gasteiger partial charge in [-0.2, -0.15) is 0 Å². The molecule has 2 unspecified atom stereocenters. The average molecular weight is 874 g/mol. The van der Waals surface area contributed by atoms with Gasteiger partial charge in [-0.05, 0) is 64.2 Å². The molecule has 0 spiro atoms. The van der Waals surface area contributed by atoms with E-state index in [1.54, 1.807) is 21.1 Å². The lowest BCUT2D eigenvalue weighted by molar-refractivity contribution is -0.889. The number of aliphatic carboxylic acids is 1. The molecule has 8 heteroatoms. The Hall–Kier alpha value is -2.45. The molecule has 62 heavy (non-hydrogen) atoms. The summed E-state index contributed by atoms with van der Waals surface area (Å²) in [6, 6.07) is -0.730. The highest BCUT2D eigenvalue weighted by molar-refractivity contribution is 5.70. The van der Waals surface area contributed by atoms with Gasteiger partial charge in [-0.3, -0.25) is 9.59 Å². The summed E-state index contributed by atoms with van der Waals surface area (Å²) in [5, 5.41) is 11.7. The Morgan fingerprint density at radius 3 is 1.27 bits per heavy atom. The third-order valence-corrected chi connectivity index (χ3v) is 11.8. The van der Waals surface area contributed by atoms with E-state index in [1.165, 1.54) is 154 Å². The number of allylic oxidation sites excluding steroid dienone is 6. The number of likely N-dealkylation sites (N-methyl/N-ethyl adjacent to an activating group) is 1. The number of ether oxygens (including phenoxy) is 3. The summed E-state index contributed by atoms with van der Waals surface area (Å²) in [5.74, 6) is -1.76. The molecule has 0 rings (SSSR count). The van der Waals surface area contributed by atoms with Crippen LogP contribution in [0.2, 0.25) is 0 Å². The molecule has 0 heterocycles. The number of nitrogens with zero attached hydrogens (tertiary/aromatic N) is 1. The van der Waals surface area contributed by atoms with E-state index in [1.807, 2.05) is 0 Å². The highest BCUT2D eigenvalue weighted by atomic mass is 16.6. The van der Waals surface area contributed by atoms with Crippen LogP contribution >= 0.6 is 0 Å². The molecule has 2 atom stereocenters. The van der Waals surface area contributed by atoms with E-state index < -0.39 is 18.1 Å². The Labute approximate surface area is 383 Å². The van der Waals surface area contributed by atoms with Crippen molar-refractivity contribution in [2.24, 2.45) is 0 Å². The van der Waals surface area contributed by atoms with E-state index in [0.29, 0.717) is 12.8 Å². The van der Waals surface area contributed by atoms with E-state index in [9.17, 15) is 19.5 Å². The number of carbonyl (C=O) groups excluding carboxylic acids is 3. The number of hydrogen-bond donors (Lipinski definition) is 0. The molecule has 0 aliphatic carbocycles. The summed E-state index contributed by atoms with van der Waals surface area (Å²) in [6.07, 6.45) is 53.2. The van der Waals surface area contributed by atoms with E-state index in [-0.39, 0.29) is 42.7 Å². The molecule has 0 aromatic carbocycles. The van der Waals surface area contributed by atoms with Gasteiger partial charge in [-0.25, -0.2) is 0 Å². The fourth-order valence-corrected chi connectivity index (χ4v) is 7.70. The third kappa shape index (κ3) is 42.8. The number of rotatable bonds is 47. The molecular weight excluding hydrogens is 775 g/mol. The Morgan fingerprint density at radius 1 is 0.484 bits per heavy atom. The molecule has 362 valence electrons. The van der Waals surface area contributed by atoms with Gasteiger partial charge in [0, 0.05) is 19.3 Å². The predicted octanol–water partition coefficient (Wildman–Crippen LogP) is 13.6. The van der Waals surface area contributed by atoms with Crippen molar-refractivity contribution in [1.82, 2.24) is 0 Å². The quantitative estimate of drug-likeness (QED) is 0.0197. The van der Waals surface area contributed by atoms with E-state index in [2.05, 4.69) is 50.3 Å². The number of quaternary nitrogens is 1. The smallest absolute Gasteiger partial charge is 0.306 e. The van der Waals surface area contributed by atoms with Gasteiger partial charge in [0.2, 0.25) is 0 Å². The van der Waals surface area contributed by atoms with E-state index in [0.717, 1.165) is 51.4 Å². The molecule has 0 N–H and O–H groups in total. The zero-order valence-electron chi connectivity index (χ0n) is 41.3. The first kappa shape index (κ1) is 59.5. The lowest BCUT2D eigenvalue weighted by Crippen LogP contribution is -2.55. The lowest BCUT2D eigenvalue weighted by Gasteiger charge is -2.34. The van der Waals surface area contributed by atoms with E-state index in [4.69, 9.17) is 14.2 Å². The Bertz CT molecular complexity index is 1110. The van der Waals surface area contributed by atoms with Crippen molar-refractivity contribution in [3.8, 4) is 0 Å². The zero-order valence-corrected chi connectivity index (χ0v) is 41.3. The van der Waals surface area contributed by atoms with Crippen molar-refractivity contribution in [1.29, 1.82) is 0 Å². The third-order valence-electron chi connectivity index (χ3n) is 11.8. The lowest BCUT2D eigenvalue weighted by atomic mass is 10.0. The minimum absolute atomic E-state index is 0.0320. The Balaban J connectivity index is 4.26. The monoisotopic (exact) mass is 874 g/mol. The maximum Gasteiger partial charge on any atom is 0.306 e. The van der Waals surface area contributed by atoms with Crippen LogP contribution in [-0.4, -0.2) is 75.5 Å². The predicted molar refractivity (Wildman–Crippen MR) is 259 cm³/mol. The number of esters is 2. The molecular formula is C54H99NO7. The zero-order chi connectivity index (χ0) is 45.6. The van der Waals surface area contributed by atoms with E-state index >= 15 is 0 Å². The first-order valence-corrected chi connectivity index (χ1v) is 26.0. The topological polar surface area (TPSA) is 102 Å². The number of carboxylic acids is 1. The number of carbonyl (C=O) groups is 3. The van der Waals surface area contributed by atoms with Crippen molar-refractivity contribution < 1.29 is 38.2 Å². The summed E-state index contributed by atoms with van der Waals surface area (Å²) < 4.78 is 17.2. The van der Waals surface area contributed by atoms with Crippen LogP contribution in [0.1, 0.15) is 239 Å². The van der Waals surface area contributed by atoms with Crippen molar-refractivity contribution in [3.63, 3.8) is 0 Å². The van der Waals surface area contributed by atoms with Crippen LogP contribution in [0.15, 0.2) is 36.5 Å². The first-order chi connectivity index (χ1) is 30.1. The fraction of sp³-hybridized carbons (Fsp3) is 0.833. The van der Waals surface area contributed by atoms with Crippen molar-refractivity contribution >= 4 is 17.9 Å². The summed E-state index contributed by atoms with van der Waals surface area (Å²) in [4.78, 5) is 37.0. The normalized spacial score (nSPS) is 13.1.